The van der Waals surface area contributed by atoms with Crippen molar-refractivity contribution in [1.82, 2.24) is 5.32 Å². The number of nitrogens with one attached hydrogen (secondary N) is 1. The van der Waals surface area contributed by atoms with E-state index in [0.717, 1.165) is 12.8 Å². The Morgan fingerprint density at radius 2 is 2.07 bits per heavy atom. The molecule has 1 saturated heterocycles. The second-order valence-corrected chi connectivity index (χ2v) is 4.52. The summed E-state index contributed by atoms with van der Waals surface area (Å²) in [6, 6.07) is 0. The molecular weight excluding hydrogens is 182 g/mol. The van der Waals surface area contributed by atoms with Gasteiger partial charge < -0.3 is 4.74 Å². The highest BCUT2D eigenvalue weighted by atomic mass is 16.6. The van der Waals surface area contributed by atoms with Crippen LogP contribution < -0.4 is 5.32 Å². The zero-order valence-electron chi connectivity index (χ0n) is 8.50. The monoisotopic (exact) mass is 197 g/mol. The van der Waals surface area contributed by atoms with Crippen LogP contribution in [0.2, 0.25) is 0 Å². The first-order valence-corrected chi connectivity index (χ1v) is 5.09. The molecule has 2 rings (SSSR count). The van der Waals surface area contributed by atoms with Gasteiger partial charge >= 0.3 is 6.09 Å². The molecule has 3 atom stereocenters. The summed E-state index contributed by atoms with van der Waals surface area (Å²) in [6.45, 7) is 4.07. The van der Waals surface area contributed by atoms with Crippen molar-refractivity contribution in [2.45, 2.75) is 38.7 Å². The highest BCUT2D eigenvalue weighted by Crippen LogP contribution is 2.41. The molecule has 3 unspecified atom stereocenters. The number of amides is 2. The van der Waals surface area contributed by atoms with E-state index >= 15 is 0 Å². The summed E-state index contributed by atoms with van der Waals surface area (Å²) in [5, 5.41) is 2.23. The summed E-state index contributed by atoms with van der Waals surface area (Å²) in [7, 11) is 0. The number of carbonyl (C=O) groups is 2. The molecule has 0 bridgehead atoms. The summed E-state index contributed by atoms with van der Waals surface area (Å²) in [6.07, 6.45) is 2.12. The van der Waals surface area contributed by atoms with Gasteiger partial charge in [0, 0.05) is 5.92 Å². The molecule has 0 radical (unpaired) electrons. The lowest BCUT2D eigenvalue weighted by molar-refractivity contribution is -0.140. The van der Waals surface area contributed by atoms with E-state index in [1.54, 1.807) is 0 Å². The molecule has 1 aliphatic heterocycles. The van der Waals surface area contributed by atoms with Gasteiger partial charge in [-0.25, -0.2) is 4.79 Å². The number of hydrogen-bond acceptors (Lipinski definition) is 3. The van der Waals surface area contributed by atoms with Crippen LogP contribution in [-0.2, 0) is 9.53 Å². The minimum Gasteiger partial charge on any atom is -0.432 e. The Kier molecular flexibility index (Phi) is 2.01. The van der Waals surface area contributed by atoms with Gasteiger partial charge in [-0.3, -0.25) is 10.1 Å². The molecule has 1 spiro atoms. The zero-order chi connectivity index (χ0) is 10.3. The molecule has 0 aromatic carbocycles. The van der Waals surface area contributed by atoms with Crippen LogP contribution in [0.5, 0.6) is 0 Å². The quantitative estimate of drug-likeness (QED) is 0.639. The maximum Gasteiger partial charge on any atom is 0.415 e. The largest absolute Gasteiger partial charge is 0.432 e. The van der Waals surface area contributed by atoms with Crippen LogP contribution in [0.1, 0.15) is 33.1 Å². The number of hydrogen-bond donors (Lipinski definition) is 1. The van der Waals surface area contributed by atoms with Crippen LogP contribution >= 0.6 is 0 Å². The average Bonchev–Trinajstić information content (AvgIpc) is 2.36. The Labute approximate surface area is 83.0 Å². The van der Waals surface area contributed by atoms with E-state index in [9.17, 15) is 9.59 Å². The van der Waals surface area contributed by atoms with Crippen molar-refractivity contribution >= 4 is 12.0 Å². The number of alkyl carbamates (subject to hydrolysis) is 1. The summed E-state index contributed by atoms with van der Waals surface area (Å²) >= 11 is 0. The molecule has 2 aliphatic rings. The van der Waals surface area contributed by atoms with Gasteiger partial charge in [-0.05, 0) is 18.8 Å². The fraction of sp³-hybridized carbons (Fsp3) is 0.800. The smallest absolute Gasteiger partial charge is 0.415 e. The second kappa shape index (κ2) is 2.97. The third-order valence-corrected chi connectivity index (χ3v) is 3.41. The molecule has 1 saturated carbocycles. The molecule has 0 aromatic heterocycles. The maximum absolute atomic E-state index is 11.7. The first kappa shape index (κ1) is 9.49. The first-order chi connectivity index (χ1) is 6.54. The number of imide groups is 1. The highest BCUT2D eigenvalue weighted by Gasteiger charge is 2.54. The van der Waals surface area contributed by atoms with Gasteiger partial charge in [0.15, 0.2) is 5.60 Å². The van der Waals surface area contributed by atoms with Crippen molar-refractivity contribution in [3.8, 4) is 0 Å². The molecule has 78 valence electrons. The van der Waals surface area contributed by atoms with Gasteiger partial charge in [0.2, 0.25) is 0 Å². The van der Waals surface area contributed by atoms with Crippen molar-refractivity contribution < 1.29 is 14.3 Å². The zero-order valence-corrected chi connectivity index (χ0v) is 8.50. The van der Waals surface area contributed by atoms with Gasteiger partial charge in [0.1, 0.15) is 0 Å². The van der Waals surface area contributed by atoms with Gasteiger partial charge in [0.25, 0.3) is 5.91 Å². The summed E-state index contributed by atoms with van der Waals surface area (Å²) in [5.41, 5.74) is -0.866. The Balaban J connectivity index is 2.28. The van der Waals surface area contributed by atoms with E-state index in [1.807, 2.05) is 6.92 Å². The minimum absolute atomic E-state index is 0.130. The summed E-state index contributed by atoms with van der Waals surface area (Å²) < 4.78 is 5.19. The van der Waals surface area contributed by atoms with Crippen molar-refractivity contribution in [1.29, 1.82) is 0 Å². The Hall–Kier alpha value is -1.06. The molecule has 4 nitrogen and oxygen atoms in total. The van der Waals surface area contributed by atoms with Gasteiger partial charge in [0.05, 0.1) is 0 Å². The molecule has 1 aliphatic carbocycles. The van der Waals surface area contributed by atoms with Gasteiger partial charge in [-0.1, -0.05) is 20.3 Å². The molecule has 14 heavy (non-hydrogen) atoms. The fourth-order valence-electron chi connectivity index (χ4n) is 2.48. The molecule has 1 heterocycles. The molecular formula is C10H15NO3. The summed E-state index contributed by atoms with van der Waals surface area (Å²) in [5.74, 6) is 0.328. The Morgan fingerprint density at radius 1 is 1.36 bits per heavy atom. The van der Waals surface area contributed by atoms with E-state index in [4.69, 9.17) is 4.74 Å². The van der Waals surface area contributed by atoms with Crippen LogP contribution in [0.15, 0.2) is 0 Å². The molecule has 2 amide bonds. The van der Waals surface area contributed by atoms with E-state index in [1.165, 1.54) is 0 Å². The van der Waals surface area contributed by atoms with Crippen molar-refractivity contribution in [2.75, 3.05) is 0 Å². The van der Waals surface area contributed by atoms with Crippen LogP contribution in [0, 0.1) is 11.8 Å². The minimum atomic E-state index is -0.866. The first-order valence-electron chi connectivity index (χ1n) is 5.09. The van der Waals surface area contributed by atoms with Gasteiger partial charge in [-0.2, -0.15) is 0 Å². The van der Waals surface area contributed by atoms with Crippen LogP contribution in [0.25, 0.3) is 0 Å². The second-order valence-electron chi connectivity index (χ2n) is 4.52. The molecule has 0 aromatic rings. The Morgan fingerprint density at radius 3 is 2.64 bits per heavy atom. The van der Waals surface area contributed by atoms with Gasteiger partial charge in [-0.15, -0.1) is 0 Å². The van der Waals surface area contributed by atoms with E-state index < -0.39 is 11.7 Å². The van der Waals surface area contributed by atoms with E-state index in [0.29, 0.717) is 12.3 Å². The lowest BCUT2D eigenvalue weighted by Crippen LogP contribution is -2.48. The number of carbonyl (C=O) groups excluding carboxylic acids is 2. The highest BCUT2D eigenvalue weighted by molar-refractivity contribution is 6.03. The predicted molar refractivity (Wildman–Crippen MR) is 49.5 cm³/mol. The maximum atomic E-state index is 11.7. The van der Waals surface area contributed by atoms with E-state index in [2.05, 4.69) is 12.2 Å². The van der Waals surface area contributed by atoms with Crippen LogP contribution in [-0.4, -0.2) is 17.6 Å². The third-order valence-electron chi connectivity index (χ3n) is 3.41. The fourth-order valence-corrected chi connectivity index (χ4v) is 2.48. The van der Waals surface area contributed by atoms with Crippen molar-refractivity contribution in [2.24, 2.45) is 11.8 Å². The van der Waals surface area contributed by atoms with Crippen molar-refractivity contribution in [3.05, 3.63) is 0 Å². The number of rotatable bonds is 0. The van der Waals surface area contributed by atoms with Crippen LogP contribution in [0.3, 0.4) is 0 Å². The summed E-state index contributed by atoms with van der Waals surface area (Å²) in [4.78, 5) is 22.7. The Bertz CT molecular complexity index is 289. The predicted octanol–water partition coefficient (Wildman–Crippen LogP) is 1.45. The third kappa shape index (κ3) is 1.21. The average molecular weight is 197 g/mol. The van der Waals surface area contributed by atoms with E-state index in [-0.39, 0.29) is 11.8 Å². The molecule has 4 heteroatoms. The van der Waals surface area contributed by atoms with Crippen molar-refractivity contribution in [3.63, 3.8) is 0 Å². The lowest BCUT2D eigenvalue weighted by Gasteiger charge is -2.37. The standard InChI is InChI=1S/C10H15NO3/c1-6-3-4-7(2)10(5-6)8(12)11-9(13)14-10/h6-7H,3-5H2,1-2H3,(H,11,12,13). The normalized spacial score (nSPS) is 42.4. The topological polar surface area (TPSA) is 55.4 Å². The molecule has 2 fully saturated rings. The number of ether oxygens (including phenoxy) is 1. The molecule has 1 N–H and O–H groups in total. The van der Waals surface area contributed by atoms with Crippen LogP contribution in [0.4, 0.5) is 4.79 Å². The SMILES string of the molecule is CC1CCC(C)C2(C1)OC(=O)NC2=O. The lowest BCUT2D eigenvalue weighted by atomic mass is 9.72.